The maximum absolute atomic E-state index is 11.7. The second-order valence-electron chi connectivity index (χ2n) is 3.71. The van der Waals surface area contributed by atoms with Gasteiger partial charge in [0.1, 0.15) is 5.38 Å². The van der Waals surface area contributed by atoms with E-state index in [1.807, 2.05) is 4.90 Å². The Morgan fingerprint density at radius 1 is 1.62 bits per heavy atom. The van der Waals surface area contributed by atoms with Crippen LogP contribution in [0.25, 0.3) is 0 Å². The Kier molecular flexibility index (Phi) is 4.04. The van der Waals surface area contributed by atoms with Crippen molar-refractivity contribution in [3.63, 3.8) is 0 Å². The molecule has 1 aliphatic heterocycles. The van der Waals surface area contributed by atoms with Gasteiger partial charge in [-0.05, 0) is 32.6 Å². The summed E-state index contributed by atoms with van der Waals surface area (Å²) in [6, 6.07) is 0.433. The molecule has 1 fully saturated rings. The third-order valence-electron chi connectivity index (χ3n) is 2.72. The van der Waals surface area contributed by atoms with Crippen LogP contribution in [-0.4, -0.2) is 28.8 Å². The second-order valence-corrected chi connectivity index (χ2v) is 4.36. The largest absolute Gasteiger partial charge is 0.338 e. The molecule has 76 valence electrons. The molecular formula is C10H18ClNO. The third kappa shape index (κ3) is 2.60. The van der Waals surface area contributed by atoms with Gasteiger partial charge in [0.2, 0.25) is 5.91 Å². The predicted molar refractivity (Wildman–Crippen MR) is 55.0 cm³/mol. The van der Waals surface area contributed by atoms with Crippen LogP contribution in [0, 0.1) is 0 Å². The molecule has 0 aliphatic carbocycles. The predicted octanol–water partition coefficient (Wildman–Crippen LogP) is 2.40. The maximum atomic E-state index is 11.7. The van der Waals surface area contributed by atoms with Gasteiger partial charge in [0.25, 0.3) is 0 Å². The third-order valence-corrected chi connectivity index (χ3v) is 2.91. The molecule has 0 saturated carbocycles. The molecule has 1 rings (SSSR count). The number of alkyl halides is 1. The Balaban J connectivity index is 2.58. The first-order chi connectivity index (χ1) is 6.16. The zero-order chi connectivity index (χ0) is 9.84. The van der Waals surface area contributed by atoms with E-state index >= 15 is 0 Å². The summed E-state index contributed by atoms with van der Waals surface area (Å²) in [7, 11) is 0. The number of likely N-dealkylation sites (tertiary alicyclic amines) is 1. The Bertz CT molecular complexity index is 182. The molecule has 2 atom stereocenters. The van der Waals surface area contributed by atoms with Crippen LogP contribution in [0.3, 0.4) is 0 Å². The fourth-order valence-electron chi connectivity index (χ4n) is 1.94. The van der Waals surface area contributed by atoms with E-state index in [1.165, 1.54) is 6.42 Å². The summed E-state index contributed by atoms with van der Waals surface area (Å²) in [5, 5.41) is -0.368. The molecule has 0 aromatic carbocycles. The van der Waals surface area contributed by atoms with Gasteiger partial charge >= 0.3 is 0 Å². The SMILES string of the molecule is CC[C@@H]1CCCCN1C(=O)[C@H](C)Cl. The van der Waals surface area contributed by atoms with Crippen molar-refractivity contribution >= 4 is 17.5 Å². The molecule has 0 aromatic rings. The lowest BCUT2D eigenvalue weighted by atomic mass is 10.00. The number of hydrogen-bond donors (Lipinski definition) is 0. The molecule has 1 saturated heterocycles. The van der Waals surface area contributed by atoms with E-state index in [1.54, 1.807) is 6.92 Å². The topological polar surface area (TPSA) is 20.3 Å². The van der Waals surface area contributed by atoms with Gasteiger partial charge in [-0.3, -0.25) is 4.79 Å². The first kappa shape index (κ1) is 10.8. The highest BCUT2D eigenvalue weighted by Gasteiger charge is 2.27. The van der Waals surface area contributed by atoms with Crippen molar-refractivity contribution in [2.45, 2.75) is 50.9 Å². The highest BCUT2D eigenvalue weighted by atomic mass is 35.5. The minimum Gasteiger partial charge on any atom is -0.338 e. The molecule has 0 spiro atoms. The zero-order valence-corrected chi connectivity index (χ0v) is 9.18. The van der Waals surface area contributed by atoms with Crippen LogP contribution in [0.2, 0.25) is 0 Å². The van der Waals surface area contributed by atoms with Crippen molar-refractivity contribution in [2.24, 2.45) is 0 Å². The number of rotatable bonds is 2. The van der Waals surface area contributed by atoms with Crippen molar-refractivity contribution in [3.05, 3.63) is 0 Å². The maximum Gasteiger partial charge on any atom is 0.240 e. The minimum atomic E-state index is -0.368. The molecule has 0 bridgehead atoms. The lowest BCUT2D eigenvalue weighted by Gasteiger charge is -2.36. The van der Waals surface area contributed by atoms with E-state index in [2.05, 4.69) is 6.92 Å². The van der Waals surface area contributed by atoms with Crippen molar-refractivity contribution in [1.29, 1.82) is 0 Å². The summed E-state index contributed by atoms with van der Waals surface area (Å²) in [6.45, 7) is 4.79. The van der Waals surface area contributed by atoms with Gasteiger partial charge in [0, 0.05) is 12.6 Å². The smallest absolute Gasteiger partial charge is 0.240 e. The van der Waals surface area contributed by atoms with E-state index in [-0.39, 0.29) is 11.3 Å². The Labute approximate surface area is 85.2 Å². The summed E-state index contributed by atoms with van der Waals surface area (Å²) in [6.07, 6.45) is 4.58. The van der Waals surface area contributed by atoms with Gasteiger partial charge < -0.3 is 4.90 Å². The summed E-state index contributed by atoms with van der Waals surface area (Å²) in [5.74, 6) is 0.105. The summed E-state index contributed by atoms with van der Waals surface area (Å²) in [5.41, 5.74) is 0. The van der Waals surface area contributed by atoms with Gasteiger partial charge in [-0.25, -0.2) is 0 Å². The van der Waals surface area contributed by atoms with Crippen molar-refractivity contribution in [3.8, 4) is 0 Å². The molecule has 0 unspecified atom stereocenters. The van der Waals surface area contributed by atoms with E-state index in [9.17, 15) is 4.79 Å². The number of carbonyl (C=O) groups is 1. The van der Waals surface area contributed by atoms with Crippen molar-refractivity contribution in [1.82, 2.24) is 4.90 Å². The number of piperidine rings is 1. The van der Waals surface area contributed by atoms with Crippen LogP contribution in [0.4, 0.5) is 0 Å². The fraction of sp³-hybridized carbons (Fsp3) is 0.900. The number of halogens is 1. The van der Waals surface area contributed by atoms with Crippen LogP contribution in [0.1, 0.15) is 39.5 Å². The van der Waals surface area contributed by atoms with E-state index in [4.69, 9.17) is 11.6 Å². The Morgan fingerprint density at radius 3 is 2.85 bits per heavy atom. The molecule has 0 radical (unpaired) electrons. The molecule has 1 heterocycles. The van der Waals surface area contributed by atoms with Crippen LogP contribution in [0.5, 0.6) is 0 Å². The molecule has 1 aliphatic rings. The summed E-state index contributed by atoms with van der Waals surface area (Å²) < 4.78 is 0. The first-order valence-electron chi connectivity index (χ1n) is 5.11. The fourth-order valence-corrected chi connectivity index (χ4v) is 2.07. The molecular weight excluding hydrogens is 186 g/mol. The van der Waals surface area contributed by atoms with Gasteiger partial charge in [-0.1, -0.05) is 6.92 Å². The average Bonchev–Trinajstić information content (AvgIpc) is 2.16. The van der Waals surface area contributed by atoms with E-state index in [0.717, 1.165) is 25.8 Å². The highest BCUT2D eigenvalue weighted by Crippen LogP contribution is 2.20. The molecule has 2 nitrogen and oxygen atoms in total. The van der Waals surface area contributed by atoms with Gasteiger partial charge in [0.05, 0.1) is 0 Å². The minimum absolute atomic E-state index is 0.105. The van der Waals surface area contributed by atoms with Crippen molar-refractivity contribution in [2.75, 3.05) is 6.54 Å². The number of carbonyl (C=O) groups excluding carboxylic acids is 1. The van der Waals surface area contributed by atoms with Gasteiger partial charge in [0.15, 0.2) is 0 Å². The lowest BCUT2D eigenvalue weighted by Crippen LogP contribution is -2.46. The second kappa shape index (κ2) is 4.85. The van der Waals surface area contributed by atoms with Crippen LogP contribution >= 0.6 is 11.6 Å². The lowest BCUT2D eigenvalue weighted by molar-refractivity contribution is -0.134. The molecule has 1 amide bonds. The standard InChI is InChI=1S/C10H18ClNO/c1-3-9-6-4-5-7-12(9)10(13)8(2)11/h8-9H,3-7H2,1-2H3/t8-,9+/m0/s1. The molecule has 3 heteroatoms. The first-order valence-corrected chi connectivity index (χ1v) is 5.55. The van der Waals surface area contributed by atoms with E-state index < -0.39 is 0 Å². The van der Waals surface area contributed by atoms with Crippen LogP contribution in [-0.2, 0) is 4.79 Å². The normalized spacial score (nSPS) is 25.8. The highest BCUT2D eigenvalue weighted by molar-refractivity contribution is 6.30. The Hall–Kier alpha value is -0.240. The molecule has 0 aromatic heterocycles. The molecule has 13 heavy (non-hydrogen) atoms. The van der Waals surface area contributed by atoms with Crippen molar-refractivity contribution < 1.29 is 4.79 Å². The number of amides is 1. The zero-order valence-electron chi connectivity index (χ0n) is 8.42. The molecule has 0 N–H and O–H groups in total. The van der Waals surface area contributed by atoms with Gasteiger partial charge in [-0.15, -0.1) is 11.6 Å². The quantitative estimate of drug-likeness (QED) is 0.632. The Morgan fingerprint density at radius 2 is 2.31 bits per heavy atom. The number of hydrogen-bond acceptors (Lipinski definition) is 1. The van der Waals surface area contributed by atoms with Crippen LogP contribution < -0.4 is 0 Å². The van der Waals surface area contributed by atoms with E-state index in [0.29, 0.717) is 6.04 Å². The summed E-state index contributed by atoms with van der Waals surface area (Å²) in [4.78, 5) is 13.6. The monoisotopic (exact) mass is 203 g/mol. The number of nitrogens with zero attached hydrogens (tertiary/aromatic N) is 1. The van der Waals surface area contributed by atoms with Gasteiger partial charge in [-0.2, -0.15) is 0 Å². The average molecular weight is 204 g/mol. The summed E-state index contributed by atoms with van der Waals surface area (Å²) >= 11 is 5.79. The van der Waals surface area contributed by atoms with Crippen LogP contribution in [0.15, 0.2) is 0 Å².